The van der Waals surface area contributed by atoms with Gasteiger partial charge in [0, 0.05) is 73.4 Å². The fourth-order valence-electron chi connectivity index (χ4n) is 7.49. The summed E-state index contributed by atoms with van der Waals surface area (Å²) >= 11 is 5.97. The summed E-state index contributed by atoms with van der Waals surface area (Å²) in [4.78, 5) is 47.3. The van der Waals surface area contributed by atoms with Crippen LogP contribution in [0.5, 0.6) is 0 Å². The minimum Gasteiger partial charge on any atom is -0.350 e. The molecule has 0 radical (unpaired) electrons. The van der Waals surface area contributed by atoms with Crippen LogP contribution in [0.4, 0.5) is 4.39 Å². The summed E-state index contributed by atoms with van der Waals surface area (Å²) in [5.74, 6) is -1.39. The normalized spacial score (nSPS) is 22.8. The summed E-state index contributed by atoms with van der Waals surface area (Å²) in [7, 11) is -1.55. The number of piperidine rings is 1. The van der Waals surface area contributed by atoms with Gasteiger partial charge in [-0.15, -0.1) is 0 Å². The third-order valence-electron chi connectivity index (χ3n) is 10.1. The zero-order valence-electron chi connectivity index (χ0n) is 28.4. The minimum absolute atomic E-state index is 0.0253. The molecule has 49 heavy (non-hydrogen) atoms. The fraction of sp³-hybridized carbons (Fsp3) is 0.514. The van der Waals surface area contributed by atoms with Gasteiger partial charge in [-0.2, -0.15) is 0 Å². The van der Waals surface area contributed by atoms with Gasteiger partial charge >= 0.3 is 7.60 Å². The van der Waals surface area contributed by atoms with Crippen LogP contribution in [0, 0.1) is 11.2 Å². The second-order valence-corrected chi connectivity index (χ2v) is 15.8. The Labute approximate surface area is 291 Å². The number of likely N-dealkylation sites (tertiary alicyclic amines) is 1. The van der Waals surface area contributed by atoms with E-state index < -0.39 is 19.5 Å². The highest BCUT2D eigenvalue weighted by molar-refractivity contribution is 7.62. The molecule has 3 atom stereocenters. The van der Waals surface area contributed by atoms with Crippen LogP contribution in [0.3, 0.4) is 0 Å². The van der Waals surface area contributed by atoms with Crippen molar-refractivity contribution in [2.24, 2.45) is 5.41 Å². The standard InChI is InChI=1S/C35H44ClFN5O6P/c1-5-47-49(46,48-6-2)25-10-11-26-27(23(3)43)20-41(29(26)16-25)21-32(44)42-30(34(45)38-19-24-8-7-9-28(36)33(24)37)17-35(18-31(35)42)22-40-14-12-39(4)13-15-40/h7-11,16,20,30-31H,5-6,12-15,17-19,21-22H2,1-4H3,(H,38,45)/t30-,31?,35?/m0/s1. The Morgan fingerprint density at radius 1 is 1.06 bits per heavy atom. The van der Waals surface area contributed by atoms with E-state index in [1.165, 1.54) is 13.0 Å². The first kappa shape index (κ1) is 35.7. The number of hydrogen-bond donors (Lipinski definition) is 1. The van der Waals surface area contributed by atoms with E-state index in [1.807, 2.05) is 0 Å². The third-order valence-corrected chi connectivity index (χ3v) is 12.5. The predicted molar refractivity (Wildman–Crippen MR) is 186 cm³/mol. The highest BCUT2D eigenvalue weighted by atomic mass is 35.5. The van der Waals surface area contributed by atoms with Crippen LogP contribution in [0.15, 0.2) is 42.6 Å². The van der Waals surface area contributed by atoms with E-state index in [0.29, 0.717) is 28.2 Å². The maximum absolute atomic E-state index is 14.7. The zero-order chi connectivity index (χ0) is 35.1. The molecule has 11 nitrogen and oxygen atoms in total. The van der Waals surface area contributed by atoms with Crippen LogP contribution in [0.2, 0.25) is 5.02 Å². The number of carbonyl (C=O) groups excluding carboxylic acids is 3. The maximum atomic E-state index is 14.7. The summed E-state index contributed by atoms with van der Waals surface area (Å²) in [6.07, 6.45) is 2.93. The number of nitrogens with zero attached hydrogens (tertiary/aromatic N) is 4. The van der Waals surface area contributed by atoms with Crippen molar-refractivity contribution in [3.8, 4) is 0 Å². The number of Topliss-reactive ketones (excluding diaryl/α,β-unsaturated/α-hetero) is 1. The number of piperazine rings is 1. The lowest BCUT2D eigenvalue weighted by molar-refractivity contribution is -0.140. The smallest absolute Gasteiger partial charge is 0.350 e. The van der Waals surface area contributed by atoms with E-state index in [9.17, 15) is 23.3 Å². The van der Waals surface area contributed by atoms with Gasteiger partial charge in [0.25, 0.3) is 0 Å². The number of amides is 2. The van der Waals surface area contributed by atoms with Crippen molar-refractivity contribution in [1.29, 1.82) is 0 Å². The highest BCUT2D eigenvalue weighted by Crippen LogP contribution is 2.60. The number of aromatic nitrogens is 1. The Morgan fingerprint density at radius 3 is 2.45 bits per heavy atom. The number of ketones is 1. The number of likely N-dealkylation sites (N-methyl/N-ethyl adjacent to an activating group) is 1. The van der Waals surface area contributed by atoms with E-state index in [0.717, 1.165) is 39.1 Å². The average molecular weight is 716 g/mol. The number of nitrogens with one attached hydrogen (secondary N) is 1. The molecule has 14 heteroatoms. The largest absolute Gasteiger partial charge is 0.361 e. The number of benzene rings is 2. The molecule has 1 N–H and O–H groups in total. The van der Waals surface area contributed by atoms with Gasteiger partial charge < -0.3 is 33.6 Å². The lowest BCUT2D eigenvalue weighted by Crippen LogP contribution is -2.48. The van der Waals surface area contributed by atoms with Gasteiger partial charge in [0.2, 0.25) is 11.8 Å². The summed E-state index contributed by atoms with van der Waals surface area (Å²) in [6, 6.07) is 8.77. The SMILES string of the molecule is CCOP(=O)(OCC)c1ccc2c(C(C)=O)cn(CC(=O)N3C4CC4(CN4CCN(C)CC4)C[C@H]3C(=O)NCc3cccc(Cl)c3F)c2c1. The molecule has 264 valence electrons. The van der Waals surface area contributed by atoms with Crippen molar-refractivity contribution in [3.05, 3.63) is 64.6 Å². The van der Waals surface area contributed by atoms with Gasteiger partial charge in [-0.25, -0.2) is 4.39 Å². The Morgan fingerprint density at radius 2 is 1.78 bits per heavy atom. The Hall–Kier alpha value is -3.12. The summed E-state index contributed by atoms with van der Waals surface area (Å²) in [5.41, 5.74) is 1.00. The van der Waals surface area contributed by atoms with Crippen molar-refractivity contribution in [2.75, 3.05) is 53.0 Å². The number of fused-ring (bicyclic) bond motifs is 2. The number of carbonyl (C=O) groups is 3. The molecule has 3 aromatic rings. The van der Waals surface area contributed by atoms with Crippen molar-refractivity contribution in [1.82, 2.24) is 24.6 Å². The predicted octanol–water partition coefficient (Wildman–Crippen LogP) is 4.45. The zero-order valence-corrected chi connectivity index (χ0v) is 30.1. The van der Waals surface area contributed by atoms with E-state index in [1.54, 1.807) is 59.8 Å². The van der Waals surface area contributed by atoms with Crippen LogP contribution < -0.4 is 10.6 Å². The van der Waals surface area contributed by atoms with Gasteiger partial charge in [-0.3, -0.25) is 18.9 Å². The molecule has 2 unspecified atom stereocenters. The molecule has 1 saturated carbocycles. The molecule has 1 aromatic heterocycles. The van der Waals surface area contributed by atoms with E-state index in [2.05, 4.69) is 22.2 Å². The van der Waals surface area contributed by atoms with E-state index in [-0.39, 0.29) is 65.9 Å². The maximum Gasteiger partial charge on any atom is 0.361 e. The second-order valence-electron chi connectivity index (χ2n) is 13.4. The van der Waals surface area contributed by atoms with Crippen molar-refractivity contribution >= 4 is 53.0 Å². The van der Waals surface area contributed by atoms with Crippen LogP contribution in [-0.2, 0) is 36.3 Å². The topological polar surface area (TPSA) is 113 Å². The molecular weight excluding hydrogens is 672 g/mol. The first-order chi connectivity index (χ1) is 23.4. The van der Waals surface area contributed by atoms with E-state index >= 15 is 0 Å². The highest BCUT2D eigenvalue weighted by Gasteiger charge is 2.67. The fourth-order valence-corrected chi connectivity index (χ4v) is 9.28. The molecule has 0 spiro atoms. The van der Waals surface area contributed by atoms with Crippen LogP contribution in [-0.4, -0.2) is 102 Å². The lowest BCUT2D eigenvalue weighted by atomic mass is 9.97. The summed E-state index contributed by atoms with van der Waals surface area (Å²) < 4.78 is 41.1. The molecule has 1 aliphatic carbocycles. The quantitative estimate of drug-likeness (QED) is 0.204. The molecule has 6 rings (SSSR count). The second kappa shape index (κ2) is 14.2. The van der Waals surface area contributed by atoms with Crippen molar-refractivity contribution in [3.63, 3.8) is 0 Å². The average Bonchev–Trinajstić information content (AvgIpc) is 3.47. The van der Waals surface area contributed by atoms with Crippen LogP contribution in [0.1, 0.15) is 49.5 Å². The number of rotatable bonds is 13. The molecular formula is C35H44ClFN5O6P. The van der Waals surface area contributed by atoms with E-state index in [4.69, 9.17) is 20.6 Å². The van der Waals surface area contributed by atoms with Gasteiger partial charge in [-0.1, -0.05) is 29.8 Å². The molecule has 3 aliphatic rings. The summed E-state index contributed by atoms with van der Waals surface area (Å²) in [6.45, 7) is 9.60. The Bertz CT molecular complexity index is 1800. The van der Waals surface area contributed by atoms with Crippen LogP contribution in [0.25, 0.3) is 10.9 Å². The van der Waals surface area contributed by atoms with Crippen LogP contribution >= 0.6 is 19.2 Å². The molecule has 3 heterocycles. The minimum atomic E-state index is -3.65. The number of hydrogen-bond acceptors (Lipinski definition) is 8. The Balaban J connectivity index is 1.29. The third kappa shape index (κ3) is 7.09. The molecule has 0 bridgehead atoms. The van der Waals surface area contributed by atoms with Crippen molar-refractivity contribution in [2.45, 2.75) is 58.8 Å². The van der Waals surface area contributed by atoms with Gasteiger partial charge in [0.05, 0.1) is 29.1 Å². The first-order valence-electron chi connectivity index (χ1n) is 16.9. The number of halogens is 2. The lowest BCUT2D eigenvalue weighted by Gasteiger charge is -2.34. The molecule has 2 aliphatic heterocycles. The van der Waals surface area contributed by atoms with Gasteiger partial charge in [0.15, 0.2) is 5.78 Å². The van der Waals surface area contributed by atoms with Gasteiger partial charge in [-0.05, 0) is 58.9 Å². The molecule has 3 fully saturated rings. The monoisotopic (exact) mass is 715 g/mol. The molecule has 2 saturated heterocycles. The molecule has 2 aromatic carbocycles. The van der Waals surface area contributed by atoms with Crippen molar-refractivity contribution < 1.29 is 32.4 Å². The molecule has 2 amide bonds. The Kier molecular flexibility index (Phi) is 10.4. The first-order valence-corrected chi connectivity index (χ1v) is 18.8. The van der Waals surface area contributed by atoms with Gasteiger partial charge in [0.1, 0.15) is 18.4 Å². The summed E-state index contributed by atoms with van der Waals surface area (Å²) in [5, 5.41) is 3.77.